The number of nitrogens with two attached hydrogens (primary N) is 1. The van der Waals surface area contributed by atoms with Gasteiger partial charge < -0.3 is 5.73 Å². The van der Waals surface area contributed by atoms with E-state index in [0.717, 1.165) is 22.3 Å². The number of hydrogen-bond donors (Lipinski definition) is 1. The lowest BCUT2D eigenvalue weighted by molar-refractivity contribution is -0.135. The van der Waals surface area contributed by atoms with Crippen molar-refractivity contribution in [1.29, 1.82) is 0 Å². The summed E-state index contributed by atoms with van der Waals surface area (Å²) in [6.45, 7) is 7.66. The van der Waals surface area contributed by atoms with E-state index in [-0.39, 0.29) is 0 Å². The molecule has 0 radical (unpaired) electrons. The zero-order valence-electron chi connectivity index (χ0n) is 13.3. The number of anilines is 2. The quantitative estimate of drug-likeness (QED) is 0.866. The van der Waals surface area contributed by atoms with Gasteiger partial charge in [0.2, 0.25) is 0 Å². The number of amides is 2. The van der Waals surface area contributed by atoms with Gasteiger partial charge in [0.15, 0.2) is 0 Å². The van der Waals surface area contributed by atoms with E-state index < -0.39 is 11.8 Å². The third kappa shape index (κ3) is 2.72. The van der Waals surface area contributed by atoms with E-state index in [9.17, 15) is 9.59 Å². The molecule has 0 atom stereocenters. The average Bonchev–Trinajstić information content (AvgIpc) is 2.44. The van der Waals surface area contributed by atoms with E-state index in [0.29, 0.717) is 11.4 Å². The van der Waals surface area contributed by atoms with Crippen molar-refractivity contribution in [2.75, 3.05) is 4.90 Å². The Balaban J connectivity index is 2.79. The monoisotopic (exact) mass is 296 g/mol. The minimum absolute atomic E-state index is 0.712. The number of benzene rings is 2. The van der Waals surface area contributed by atoms with Crippen LogP contribution in [0.4, 0.5) is 11.4 Å². The minimum Gasteiger partial charge on any atom is -0.361 e. The van der Waals surface area contributed by atoms with Crippen molar-refractivity contribution in [3.05, 3.63) is 58.7 Å². The molecule has 114 valence electrons. The van der Waals surface area contributed by atoms with Crippen LogP contribution in [-0.4, -0.2) is 11.8 Å². The minimum atomic E-state index is -0.967. The Morgan fingerprint density at radius 2 is 1.09 bits per heavy atom. The molecular formula is C18H20N2O2. The van der Waals surface area contributed by atoms with Crippen LogP contribution in [0.25, 0.3) is 0 Å². The molecule has 2 rings (SSSR count). The molecule has 22 heavy (non-hydrogen) atoms. The van der Waals surface area contributed by atoms with Gasteiger partial charge in [0.05, 0.1) is 11.4 Å². The molecule has 0 spiro atoms. The number of carbonyl (C=O) groups is 2. The van der Waals surface area contributed by atoms with Gasteiger partial charge in [0, 0.05) is 0 Å². The molecule has 0 saturated heterocycles. The van der Waals surface area contributed by atoms with Crippen LogP contribution in [-0.2, 0) is 9.59 Å². The molecule has 0 bridgehead atoms. The van der Waals surface area contributed by atoms with Crippen LogP contribution in [0.3, 0.4) is 0 Å². The molecule has 4 heteroatoms. The van der Waals surface area contributed by atoms with Gasteiger partial charge in [-0.25, -0.2) is 0 Å². The maximum Gasteiger partial charge on any atom is 0.320 e. The standard InChI is InChI=1S/C18H20N2O2/c1-11-7-5-8-12(2)15(11)20(18(22)17(19)21)16-13(3)9-6-10-14(16)4/h5-10H,1-4H3,(H2,19,21). The van der Waals surface area contributed by atoms with Crippen molar-refractivity contribution in [2.24, 2.45) is 5.73 Å². The van der Waals surface area contributed by atoms with Gasteiger partial charge >= 0.3 is 11.8 Å². The first-order valence-electron chi connectivity index (χ1n) is 7.11. The van der Waals surface area contributed by atoms with Crippen LogP contribution < -0.4 is 10.6 Å². The van der Waals surface area contributed by atoms with E-state index >= 15 is 0 Å². The summed E-state index contributed by atoms with van der Waals surface area (Å²) >= 11 is 0. The molecular weight excluding hydrogens is 276 g/mol. The number of primary amides is 1. The van der Waals surface area contributed by atoms with E-state index in [4.69, 9.17) is 5.73 Å². The second kappa shape index (κ2) is 6.02. The first-order valence-corrected chi connectivity index (χ1v) is 7.11. The molecule has 0 aromatic heterocycles. The van der Waals surface area contributed by atoms with Gasteiger partial charge in [0.25, 0.3) is 0 Å². The summed E-state index contributed by atoms with van der Waals surface area (Å²) in [5.41, 5.74) is 10.4. The summed E-state index contributed by atoms with van der Waals surface area (Å²) < 4.78 is 0. The summed E-state index contributed by atoms with van der Waals surface area (Å²) in [6, 6.07) is 11.5. The Morgan fingerprint density at radius 3 is 1.36 bits per heavy atom. The van der Waals surface area contributed by atoms with Crippen molar-refractivity contribution >= 4 is 23.2 Å². The van der Waals surface area contributed by atoms with Gasteiger partial charge in [-0.1, -0.05) is 36.4 Å². The first kappa shape index (κ1) is 15.8. The Hall–Kier alpha value is -2.62. The maximum atomic E-state index is 12.5. The zero-order valence-corrected chi connectivity index (χ0v) is 13.3. The van der Waals surface area contributed by atoms with Crippen LogP contribution in [0.2, 0.25) is 0 Å². The number of nitrogens with zero attached hydrogens (tertiary/aromatic N) is 1. The zero-order chi connectivity index (χ0) is 16.4. The molecule has 0 saturated carbocycles. The van der Waals surface area contributed by atoms with Crippen LogP contribution in [0.15, 0.2) is 36.4 Å². The summed E-state index contributed by atoms with van der Waals surface area (Å²) in [5, 5.41) is 0. The Bertz CT molecular complexity index is 659. The highest BCUT2D eigenvalue weighted by molar-refractivity contribution is 6.41. The normalized spacial score (nSPS) is 10.4. The number of para-hydroxylation sites is 2. The SMILES string of the molecule is Cc1cccc(C)c1N(C(=O)C(N)=O)c1c(C)cccc1C. The molecule has 2 aromatic rings. The molecule has 0 aliphatic heterocycles. The van der Waals surface area contributed by atoms with Crippen LogP contribution >= 0.6 is 0 Å². The molecule has 0 aliphatic carbocycles. The molecule has 0 aliphatic rings. The second-order valence-electron chi connectivity index (χ2n) is 5.49. The lowest BCUT2D eigenvalue weighted by Gasteiger charge is -2.28. The molecule has 4 nitrogen and oxygen atoms in total. The van der Waals surface area contributed by atoms with E-state index in [1.54, 1.807) is 0 Å². The average molecular weight is 296 g/mol. The number of rotatable bonds is 2. The summed E-state index contributed by atoms with van der Waals surface area (Å²) in [7, 11) is 0. The van der Waals surface area contributed by atoms with Gasteiger partial charge in [-0.2, -0.15) is 0 Å². The van der Waals surface area contributed by atoms with Crippen LogP contribution in [0, 0.1) is 27.7 Å². The van der Waals surface area contributed by atoms with Crippen molar-refractivity contribution in [1.82, 2.24) is 0 Å². The third-order valence-electron chi connectivity index (χ3n) is 3.74. The predicted octanol–water partition coefficient (Wildman–Crippen LogP) is 3.07. The highest BCUT2D eigenvalue weighted by Gasteiger charge is 2.27. The first-order chi connectivity index (χ1) is 10.3. The predicted molar refractivity (Wildman–Crippen MR) is 88.2 cm³/mol. The van der Waals surface area contributed by atoms with Crippen molar-refractivity contribution in [2.45, 2.75) is 27.7 Å². The van der Waals surface area contributed by atoms with Crippen molar-refractivity contribution in [3.8, 4) is 0 Å². The summed E-state index contributed by atoms with van der Waals surface area (Å²) in [5.74, 6) is -1.69. The molecule has 0 fully saturated rings. The van der Waals surface area contributed by atoms with Gasteiger partial charge in [-0.3, -0.25) is 14.5 Å². The summed E-state index contributed by atoms with van der Waals surface area (Å²) in [6.07, 6.45) is 0. The number of aryl methyl sites for hydroxylation is 4. The molecule has 0 heterocycles. The fourth-order valence-electron chi connectivity index (χ4n) is 2.74. The Labute approximate surface area is 130 Å². The lowest BCUT2D eigenvalue weighted by atomic mass is 10.0. The van der Waals surface area contributed by atoms with Gasteiger partial charge in [-0.15, -0.1) is 0 Å². The maximum absolute atomic E-state index is 12.5. The Kier molecular flexibility index (Phi) is 4.31. The van der Waals surface area contributed by atoms with E-state index in [1.165, 1.54) is 4.90 Å². The fourth-order valence-corrected chi connectivity index (χ4v) is 2.74. The largest absolute Gasteiger partial charge is 0.361 e. The summed E-state index contributed by atoms with van der Waals surface area (Å²) in [4.78, 5) is 25.5. The molecule has 2 aromatic carbocycles. The Morgan fingerprint density at radius 1 is 0.773 bits per heavy atom. The van der Waals surface area contributed by atoms with Crippen molar-refractivity contribution < 1.29 is 9.59 Å². The molecule has 2 N–H and O–H groups in total. The highest BCUT2D eigenvalue weighted by atomic mass is 16.2. The van der Waals surface area contributed by atoms with Crippen LogP contribution in [0.1, 0.15) is 22.3 Å². The third-order valence-corrected chi connectivity index (χ3v) is 3.74. The van der Waals surface area contributed by atoms with E-state index in [1.807, 2.05) is 64.1 Å². The van der Waals surface area contributed by atoms with Gasteiger partial charge in [-0.05, 0) is 49.9 Å². The highest BCUT2D eigenvalue weighted by Crippen LogP contribution is 2.35. The van der Waals surface area contributed by atoms with Crippen LogP contribution in [0.5, 0.6) is 0 Å². The molecule has 2 amide bonds. The smallest absolute Gasteiger partial charge is 0.320 e. The second-order valence-corrected chi connectivity index (χ2v) is 5.49. The number of carbonyl (C=O) groups excluding carboxylic acids is 2. The van der Waals surface area contributed by atoms with Crippen molar-refractivity contribution in [3.63, 3.8) is 0 Å². The fraction of sp³-hybridized carbons (Fsp3) is 0.222. The van der Waals surface area contributed by atoms with E-state index in [2.05, 4.69) is 0 Å². The van der Waals surface area contributed by atoms with Gasteiger partial charge in [0.1, 0.15) is 0 Å². The number of hydrogen-bond acceptors (Lipinski definition) is 2. The topological polar surface area (TPSA) is 63.4 Å². The molecule has 0 unspecified atom stereocenters. The lowest BCUT2D eigenvalue weighted by Crippen LogP contribution is -2.38.